The van der Waals surface area contributed by atoms with Crippen molar-refractivity contribution >= 4 is 11.3 Å². The van der Waals surface area contributed by atoms with Gasteiger partial charge in [0.25, 0.3) is 0 Å². The largest absolute Gasteiger partial charge is 0.304 e. The fraction of sp³-hybridized carbons (Fsp3) is 0.727. The van der Waals surface area contributed by atoms with Gasteiger partial charge in [0.1, 0.15) is 0 Å². The van der Waals surface area contributed by atoms with Crippen molar-refractivity contribution in [3.8, 4) is 0 Å². The van der Waals surface area contributed by atoms with Crippen molar-refractivity contribution in [3.63, 3.8) is 0 Å². The second-order valence-electron chi connectivity index (χ2n) is 4.56. The first kappa shape index (κ1) is 11.7. The molecule has 80 valence electrons. The Morgan fingerprint density at radius 2 is 1.86 bits per heavy atom. The van der Waals surface area contributed by atoms with Crippen LogP contribution in [-0.4, -0.2) is 11.0 Å². The maximum atomic E-state index is 4.59. The van der Waals surface area contributed by atoms with E-state index in [-0.39, 0.29) is 5.54 Å². The molecule has 0 radical (unpaired) electrons. The Kier molecular flexibility index (Phi) is 3.32. The lowest BCUT2D eigenvalue weighted by Crippen LogP contribution is -2.41. The van der Waals surface area contributed by atoms with Gasteiger partial charge in [0.15, 0.2) is 0 Å². The number of hydrogen-bond acceptors (Lipinski definition) is 3. The maximum Gasteiger partial charge on any atom is 0.0900 e. The van der Waals surface area contributed by atoms with Gasteiger partial charge in [0.05, 0.1) is 16.2 Å². The number of nitrogens with zero attached hydrogens (tertiary/aromatic N) is 1. The molecule has 0 atom stereocenters. The van der Waals surface area contributed by atoms with Crippen LogP contribution in [-0.2, 0) is 5.54 Å². The van der Waals surface area contributed by atoms with Gasteiger partial charge >= 0.3 is 0 Å². The first-order valence-corrected chi connectivity index (χ1v) is 5.87. The van der Waals surface area contributed by atoms with Crippen molar-refractivity contribution in [3.05, 3.63) is 15.6 Å². The van der Waals surface area contributed by atoms with Crippen molar-refractivity contribution in [2.75, 3.05) is 0 Å². The summed E-state index contributed by atoms with van der Waals surface area (Å²) in [6.07, 6.45) is 0. The minimum Gasteiger partial charge on any atom is -0.304 e. The average Bonchev–Trinajstić information content (AvgIpc) is 2.27. The summed E-state index contributed by atoms with van der Waals surface area (Å²) in [6.45, 7) is 12.9. The molecule has 1 rings (SSSR count). The van der Waals surface area contributed by atoms with Crippen LogP contribution in [0.25, 0.3) is 0 Å². The summed E-state index contributed by atoms with van der Waals surface area (Å²) < 4.78 is 0. The molecule has 2 nitrogen and oxygen atoms in total. The van der Waals surface area contributed by atoms with E-state index in [1.54, 1.807) is 11.3 Å². The number of aryl methyl sites for hydroxylation is 2. The lowest BCUT2D eigenvalue weighted by molar-refractivity contribution is 0.356. The molecule has 14 heavy (non-hydrogen) atoms. The van der Waals surface area contributed by atoms with E-state index in [0.717, 1.165) is 5.01 Å². The van der Waals surface area contributed by atoms with Crippen molar-refractivity contribution in [1.82, 2.24) is 10.3 Å². The molecule has 1 heterocycles. The summed E-state index contributed by atoms with van der Waals surface area (Å²) >= 11 is 1.77. The highest BCUT2D eigenvalue weighted by atomic mass is 32.1. The monoisotopic (exact) mass is 212 g/mol. The van der Waals surface area contributed by atoms with Crippen molar-refractivity contribution < 1.29 is 0 Å². The van der Waals surface area contributed by atoms with Crippen LogP contribution in [0.4, 0.5) is 0 Å². The summed E-state index contributed by atoms with van der Waals surface area (Å²) in [5.74, 6) is 0. The van der Waals surface area contributed by atoms with Gasteiger partial charge in [0, 0.05) is 10.9 Å². The van der Waals surface area contributed by atoms with Gasteiger partial charge in [-0.15, -0.1) is 11.3 Å². The van der Waals surface area contributed by atoms with Gasteiger partial charge in [-0.2, -0.15) is 0 Å². The predicted molar refractivity (Wildman–Crippen MR) is 62.9 cm³/mol. The van der Waals surface area contributed by atoms with E-state index in [1.807, 2.05) is 0 Å². The highest BCUT2D eigenvalue weighted by Crippen LogP contribution is 2.27. The molecule has 0 amide bonds. The summed E-state index contributed by atoms with van der Waals surface area (Å²) in [5.41, 5.74) is 1.16. The summed E-state index contributed by atoms with van der Waals surface area (Å²) in [4.78, 5) is 5.91. The first-order valence-electron chi connectivity index (χ1n) is 5.05. The lowest BCUT2D eigenvalue weighted by Gasteiger charge is -2.28. The third kappa shape index (κ3) is 2.55. The van der Waals surface area contributed by atoms with Gasteiger partial charge in [-0.3, -0.25) is 0 Å². The van der Waals surface area contributed by atoms with Gasteiger partial charge in [-0.05, 0) is 27.7 Å². The molecule has 0 bridgehead atoms. The van der Waals surface area contributed by atoms with Gasteiger partial charge < -0.3 is 5.32 Å². The van der Waals surface area contributed by atoms with E-state index in [4.69, 9.17) is 0 Å². The van der Waals surface area contributed by atoms with Crippen LogP contribution in [0.5, 0.6) is 0 Å². The molecule has 1 aromatic rings. The minimum absolute atomic E-state index is 0.0248. The van der Waals surface area contributed by atoms with Crippen molar-refractivity contribution in [2.24, 2.45) is 0 Å². The second kappa shape index (κ2) is 3.99. The number of rotatable bonds is 3. The molecule has 3 heteroatoms. The SMILES string of the molecule is Cc1nc(C(C)(C)NC(C)C)c(C)s1. The summed E-state index contributed by atoms with van der Waals surface area (Å²) in [5, 5.41) is 4.68. The zero-order chi connectivity index (χ0) is 10.9. The lowest BCUT2D eigenvalue weighted by atomic mass is 9.99. The Hall–Kier alpha value is -0.410. The van der Waals surface area contributed by atoms with E-state index >= 15 is 0 Å². The molecule has 0 unspecified atom stereocenters. The van der Waals surface area contributed by atoms with E-state index in [0.29, 0.717) is 6.04 Å². The van der Waals surface area contributed by atoms with E-state index in [9.17, 15) is 0 Å². The second-order valence-corrected chi connectivity index (χ2v) is 5.97. The molecule has 0 saturated heterocycles. The van der Waals surface area contributed by atoms with Gasteiger partial charge in [-0.1, -0.05) is 13.8 Å². The normalized spacial score (nSPS) is 12.5. The molecule has 0 aliphatic heterocycles. The molecular formula is C11H20N2S. The standard InChI is InChI=1S/C11H20N2S/c1-7(2)13-11(5,6)10-8(3)14-9(4)12-10/h7,13H,1-6H3. The average molecular weight is 212 g/mol. The van der Waals surface area contributed by atoms with Crippen LogP contribution < -0.4 is 5.32 Å². The number of thiazole rings is 1. The van der Waals surface area contributed by atoms with Crippen LogP contribution >= 0.6 is 11.3 Å². The number of nitrogens with one attached hydrogen (secondary N) is 1. The molecule has 1 aromatic heterocycles. The minimum atomic E-state index is -0.0248. The molecule has 0 aromatic carbocycles. The third-order valence-electron chi connectivity index (χ3n) is 2.15. The fourth-order valence-electron chi connectivity index (χ4n) is 1.90. The summed E-state index contributed by atoms with van der Waals surface area (Å²) in [6, 6.07) is 0.478. The molecule has 0 fully saturated rings. The molecule has 1 N–H and O–H groups in total. The highest BCUT2D eigenvalue weighted by molar-refractivity contribution is 7.11. The summed E-state index contributed by atoms with van der Waals surface area (Å²) in [7, 11) is 0. The van der Waals surface area contributed by atoms with Crippen molar-refractivity contribution in [1.29, 1.82) is 0 Å². The third-order valence-corrected chi connectivity index (χ3v) is 3.03. The van der Waals surface area contributed by atoms with Crippen molar-refractivity contribution in [2.45, 2.75) is 53.1 Å². The zero-order valence-electron chi connectivity index (χ0n) is 9.93. The molecular weight excluding hydrogens is 192 g/mol. The maximum absolute atomic E-state index is 4.59. The van der Waals surface area contributed by atoms with Crippen LogP contribution in [0.15, 0.2) is 0 Å². The molecule has 0 saturated carbocycles. The van der Waals surface area contributed by atoms with E-state index in [2.05, 4.69) is 51.8 Å². The first-order chi connectivity index (χ1) is 6.33. The predicted octanol–water partition coefficient (Wildman–Crippen LogP) is 2.99. The molecule has 0 spiro atoms. The number of aromatic nitrogens is 1. The Morgan fingerprint density at radius 3 is 2.21 bits per heavy atom. The van der Waals surface area contributed by atoms with Gasteiger partial charge in [0.2, 0.25) is 0 Å². The Balaban J connectivity index is 2.96. The van der Waals surface area contributed by atoms with Gasteiger partial charge in [-0.25, -0.2) is 4.98 Å². The zero-order valence-corrected chi connectivity index (χ0v) is 10.7. The Morgan fingerprint density at radius 1 is 1.29 bits per heavy atom. The number of hydrogen-bond donors (Lipinski definition) is 1. The van der Waals surface area contributed by atoms with E-state index < -0.39 is 0 Å². The Bertz CT molecular complexity index is 313. The smallest absolute Gasteiger partial charge is 0.0900 e. The van der Waals surface area contributed by atoms with Crippen LogP contribution in [0.2, 0.25) is 0 Å². The highest BCUT2D eigenvalue weighted by Gasteiger charge is 2.25. The van der Waals surface area contributed by atoms with Crippen LogP contribution in [0.1, 0.15) is 43.3 Å². The molecule has 0 aliphatic carbocycles. The fourth-order valence-corrected chi connectivity index (χ4v) is 2.88. The molecule has 0 aliphatic rings. The topological polar surface area (TPSA) is 24.9 Å². The van der Waals surface area contributed by atoms with Crippen LogP contribution in [0.3, 0.4) is 0 Å². The van der Waals surface area contributed by atoms with Crippen LogP contribution in [0, 0.1) is 13.8 Å². The van der Waals surface area contributed by atoms with E-state index in [1.165, 1.54) is 10.6 Å². The quantitative estimate of drug-likeness (QED) is 0.833. The Labute approximate surface area is 90.8 Å².